The fourth-order valence-corrected chi connectivity index (χ4v) is 1.85. The van der Waals surface area contributed by atoms with Crippen molar-refractivity contribution in [2.24, 2.45) is 5.10 Å². The Kier molecular flexibility index (Phi) is 4.23. The molecular weight excluding hydrogens is 299 g/mol. The lowest BCUT2D eigenvalue weighted by Gasteiger charge is -2.08. The fourth-order valence-electron chi connectivity index (χ4n) is 1.85. The molecule has 8 heteroatoms. The van der Waals surface area contributed by atoms with Crippen molar-refractivity contribution >= 4 is 12.2 Å². The molecule has 3 aromatic rings. The molecule has 0 atom stereocenters. The van der Waals surface area contributed by atoms with E-state index in [2.05, 4.69) is 20.6 Å². The topological polar surface area (TPSA) is 91.2 Å². The number of halogens is 1. The lowest BCUT2D eigenvalue weighted by Crippen LogP contribution is -2.01. The summed E-state index contributed by atoms with van der Waals surface area (Å²) in [5.41, 5.74) is 7.14. The first-order valence-electron chi connectivity index (χ1n) is 6.77. The highest BCUT2D eigenvalue weighted by atomic mass is 19.1. The van der Waals surface area contributed by atoms with Gasteiger partial charge in [-0.25, -0.2) is 4.39 Å². The average Bonchev–Trinajstić information content (AvgIpc) is 2.98. The third-order valence-electron chi connectivity index (χ3n) is 3.01. The van der Waals surface area contributed by atoms with Gasteiger partial charge in [-0.05, 0) is 40.3 Å². The molecule has 0 aliphatic heterocycles. The number of anilines is 1. The Morgan fingerprint density at radius 3 is 2.70 bits per heavy atom. The van der Waals surface area contributed by atoms with E-state index in [9.17, 15) is 4.39 Å². The van der Waals surface area contributed by atoms with Crippen LogP contribution in [-0.2, 0) is 6.61 Å². The van der Waals surface area contributed by atoms with Crippen molar-refractivity contribution in [2.45, 2.75) is 6.61 Å². The van der Waals surface area contributed by atoms with Crippen molar-refractivity contribution < 1.29 is 9.13 Å². The van der Waals surface area contributed by atoms with Crippen molar-refractivity contribution in [3.05, 3.63) is 65.5 Å². The number of hydrogen-bond acceptors (Lipinski definition) is 6. The van der Waals surface area contributed by atoms with Crippen LogP contribution in [-0.4, -0.2) is 26.5 Å². The van der Waals surface area contributed by atoms with Crippen LogP contribution in [0.25, 0.3) is 0 Å². The third kappa shape index (κ3) is 3.67. The number of rotatable bonds is 5. The molecule has 0 saturated heterocycles. The number of aromatic nitrogens is 4. The second-order valence-corrected chi connectivity index (χ2v) is 4.62. The first-order chi connectivity index (χ1) is 11.2. The van der Waals surface area contributed by atoms with Crippen LogP contribution in [0.3, 0.4) is 0 Å². The monoisotopic (exact) mass is 312 g/mol. The van der Waals surface area contributed by atoms with E-state index in [1.807, 2.05) is 24.3 Å². The van der Waals surface area contributed by atoms with Gasteiger partial charge in [0.1, 0.15) is 18.2 Å². The van der Waals surface area contributed by atoms with Gasteiger partial charge >= 0.3 is 0 Å². The highest BCUT2D eigenvalue weighted by molar-refractivity contribution is 5.83. The van der Waals surface area contributed by atoms with Crippen LogP contribution in [0.4, 0.5) is 10.3 Å². The first kappa shape index (κ1) is 14.6. The predicted molar refractivity (Wildman–Crippen MR) is 82.4 cm³/mol. The Labute approximate surface area is 131 Å². The molecule has 1 heterocycles. The number of para-hydroxylation sites is 1. The van der Waals surface area contributed by atoms with Crippen molar-refractivity contribution in [2.75, 3.05) is 5.73 Å². The minimum absolute atomic E-state index is 0.0889. The van der Waals surface area contributed by atoms with Crippen molar-refractivity contribution in [3.63, 3.8) is 0 Å². The van der Waals surface area contributed by atoms with Gasteiger partial charge in [0.15, 0.2) is 0 Å². The van der Waals surface area contributed by atoms with Crippen LogP contribution in [0.15, 0.2) is 53.6 Å². The minimum Gasteiger partial charge on any atom is -0.488 e. The van der Waals surface area contributed by atoms with Gasteiger partial charge in [-0.2, -0.15) is 5.10 Å². The summed E-state index contributed by atoms with van der Waals surface area (Å²) in [6.07, 6.45) is 1.55. The van der Waals surface area contributed by atoms with Gasteiger partial charge in [-0.1, -0.05) is 34.2 Å². The summed E-state index contributed by atoms with van der Waals surface area (Å²) in [5.74, 6) is 0.443. The minimum atomic E-state index is -0.277. The smallest absolute Gasteiger partial charge is 0.263 e. The molecule has 0 unspecified atom stereocenters. The second kappa shape index (κ2) is 6.65. The van der Waals surface area contributed by atoms with Gasteiger partial charge in [0.25, 0.3) is 5.95 Å². The Hall–Kier alpha value is -3.29. The van der Waals surface area contributed by atoms with Gasteiger partial charge in [0, 0.05) is 5.56 Å². The number of nitrogens with zero attached hydrogens (tertiary/aromatic N) is 5. The van der Waals surface area contributed by atoms with Gasteiger partial charge in [0.05, 0.1) is 6.21 Å². The third-order valence-corrected chi connectivity index (χ3v) is 3.01. The molecule has 116 valence electrons. The molecule has 0 spiro atoms. The molecular formula is C15H13FN6O. The second-order valence-electron chi connectivity index (χ2n) is 4.62. The summed E-state index contributed by atoms with van der Waals surface area (Å²) >= 11 is 0. The van der Waals surface area contributed by atoms with E-state index in [0.717, 1.165) is 15.9 Å². The van der Waals surface area contributed by atoms with Gasteiger partial charge in [-0.15, -0.1) is 0 Å². The van der Waals surface area contributed by atoms with Gasteiger partial charge in [-0.3, -0.25) is 0 Å². The summed E-state index contributed by atoms with van der Waals surface area (Å²) in [6.45, 7) is 0.318. The van der Waals surface area contributed by atoms with E-state index >= 15 is 0 Å². The molecule has 7 nitrogen and oxygen atoms in total. The lowest BCUT2D eigenvalue weighted by molar-refractivity contribution is 0.305. The van der Waals surface area contributed by atoms with E-state index in [1.165, 1.54) is 12.1 Å². The summed E-state index contributed by atoms with van der Waals surface area (Å²) in [5, 5.41) is 14.6. The molecule has 23 heavy (non-hydrogen) atoms. The SMILES string of the molecule is Nc1nnnn1/N=C/c1ccccc1OCc1ccc(F)cc1. The van der Waals surface area contributed by atoms with Crippen LogP contribution in [0.2, 0.25) is 0 Å². The largest absolute Gasteiger partial charge is 0.488 e. The highest BCUT2D eigenvalue weighted by Crippen LogP contribution is 2.18. The highest BCUT2D eigenvalue weighted by Gasteiger charge is 2.03. The maximum absolute atomic E-state index is 12.9. The zero-order valence-electron chi connectivity index (χ0n) is 12.0. The predicted octanol–water partition coefficient (Wildman–Crippen LogP) is 1.86. The Morgan fingerprint density at radius 2 is 1.96 bits per heavy atom. The fraction of sp³-hybridized carbons (Fsp3) is 0.0667. The summed E-state index contributed by atoms with van der Waals surface area (Å²) in [7, 11) is 0. The maximum atomic E-state index is 12.9. The van der Waals surface area contributed by atoms with Gasteiger partial charge in [0.2, 0.25) is 0 Å². The normalized spacial score (nSPS) is 11.0. The standard InChI is InChI=1S/C15H13FN6O/c16-13-7-5-11(6-8-13)10-23-14-4-2-1-3-12(14)9-18-22-15(17)19-20-21-22/h1-9H,10H2,(H2,17,19,21)/b18-9+. The Morgan fingerprint density at radius 1 is 1.17 bits per heavy atom. The zero-order valence-corrected chi connectivity index (χ0v) is 12.0. The van der Waals surface area contributed by atoms with E-state index < -0.39 is 0 Å². The Bertz CT molecular complexity index is 815. The van der Waals surface area contributed by atoms with Crippen LogP contribution < -0.4 is 10.5 Å². The van der Waals surface area contributed by atoms with Crippen molar-refractivity contribution in [1.29, 1.82) is 0 Å². The molecule has 0 fully saturated rings. The molecule has 2 aromatic carbocycles. The molecule has 0 aliphatic carbocycles. The maximum Gasteiger partial charge on any atom is 0.263 e. The lowest BCUT2D eigenvalue weighted by atomic mass is 10.2. The molecule has 2 N–H and O–H groups in total. The summed E-state index contributed by atoms with van der Waals surface area (Å²) < 4.78 is 18.7. The molecule has 0 radical (unpaired) electrons. The molecule has 0 saturated carbocycles. The number of ether oxygens (including phenoxy) is 1. The number of benzene rings is 2. The molecule has 3 rings (SSSR count). The Balaban J connectivity index is 1.74. The molecule has 0 amide bonds. The van der Waals surface area contributed by atoms with Crippen LogP contribution in [0.1, 0.15) is 11.1 Å². The van der Waals surface area contributed by atoms with E-state index in [4.69, 9.17) is 10.5 Å². The number of nitrogens with two attached hydrogens (primary N) is 1. The van der Waals surface area contributed by atoms with Crippen LogP contribution in [0, 0.1) is 5.82 Å². The average molecular weight is 312 g/mol. The molecule has 0 bridgehead atoms. The number of hydrogen-bond donors (Lipinski definition) is 1. The number of nitrogen functional groups attached to an aromatic ring is 1. The van der Waals surface area contributed by atoms with E-state index in [0.29, 0.717) is 12.4 Å². The summed E-state index contributed by atoms with van der Waals surface area (Å²) in [6, 6.07) is 13.5. The van der Waals surface area contributed by atoms with E-state index in [1.54, 1.807) is 18.3 Å². The quantitative estimate of drug-likeness (QED) is 0.726. The summed E-state index contributed by atoms with van der Waals surface area (Å²) in [4.78, 5) is 1.11. The van der Waals surface area contributed by atoms with Crippen LogP contribution >= 0.6 is 0 Å². The van der Waals surface area contributed by atoms with Crippen molar-refractivity contribution in [1.82, 2.24) is 20.3 Å². The van der Waals surface area contributed by atoms with Crippen molar-refractivity contribution in [3.8, 4) is 5.75 Å². The zero-order chi connectivity index (χ0) is 16.1. The van der Waals surface area contributed by atoms with Crippen LogP contribution in [0.5, 0.6) is 5.75 Å². The first-order valence-corrected chi connectivity index (χ1v) is 6.77. The number of tetrazole rings is 1. The molecule has 1 aromatic heterocycles. The van der Waals surface area contributed by atoms with Gasteiger partial charge < -0.3 is 10.5 Å². The van der Waals surface area contributed by atoms with E-state index in [-0.39, 0.29) is 11.8 Å². The molecule has 0 aliphatic rings.